The van der Waals surface area contributed by atoms with Crippen molar-refractivity contribution in [3.05, 3.63) is 12.2 Å². The summed E-state index contributed by atoms with van der Waals surface area (Å²) in [5, 5.41) is 9.06. The smallest absolute Gasteiger partial charge is 0.103 e. The van der Waals surface area contributed by atoms with Gasteiger partial charge in [-0.2, -0.15) is 0 Å². The standard InChI is InChI=1S/C6H11NO2/c7-4-5(8)6-2-1-3-9-6/h1-2,5-6,8H,3-4,7H2. The molecular formula is C6H11NO2. The average molecular weight is 129 g/mol. The van der Waals surface area contributed by atoms with Gasteiger partial charge in [0.1, 0.15) is 6.10 Å². The second-order valence-electron chi connectivity index (χ2n) is 2.03. The summed E-state index contributed by atoms with van der Waals surface area (Å²) >= 11 is 0. The lowest BCUT2D eigenvalue weighted by molar-refractivity contribution is 0.0185. The number of rotatable bonds is 2. The second-order valence-corrected chi connectivity index (χ2v) is 2.03. The van der Waals surface area contributed by atoms with E-state index in [1.54, 1.807) is 0 Å². The third-order valence-corrected chi connectivity index (χ3v) is 1.33. The lowest BCUT2D eigenvalue weighted by Crippen LogP contribution is -2.32. The molecule has 0 amide bonds. The van der Waals surface area contributed by atoms with E-state index in [0.29, 0.717) is 6.61 Å². The summed E-state index contributed by atoms with van der Waals surface area (Å²) in [6.45, 7) is 0.858. The van der Waals surface area contributed by atoms with Crippen LogP contribution < -0.4 is 5.73 Å². The zero-order chi connectivity index (χ0) is 6.69. The molecule has 2 unspecified atom stereocenters. The topological polar surface area (TPSA) is 55.5 Å². The summed E-state index contributed by atoms with van der Waals surface area (Å²) in [6, 6.07) is 0. The minimum Gasteiger partial charge on any atom is -0.389 e. The van der Waals surface area contributed by atoms with E-state index in [1.807, 2.05) is 12.2 Å². The van der Waals surface area contributed by atoms with Crippen LogP contribution in [0.5, 0.6) is 0 Å². The third kappa shape index (κ3) is 1.51. The molecule has 0 aromatic heterocycles. The monoisotopic (exact) mass is 129 g/mol. The van der Waals surface area contributed by atoms with Gasteiger partial charge in [-0.15, -0.1) is 0 Å². The van der Waals surface area contributed by atoms with Crippen LogP contribution in [0.1, 0.15) is 0 Å². The third-order valence-electron chi connectivity index (χ3n) is 1.33. The Bertz CT molecular complexity index is 114. The van der Waals surface area contributed by atoms with E-state index >= 15 is 0 Å². The normalized spacial score (nSPS) is 28.9. The second kappa shape index (κ2) is 2.96. The summed E-state index contributed by atoms with van der Waals surface area (Å²) in [4.78, 5) is 0. The van der Waals surface area contributed by atoms with Crippen molar-refractivity contribution in [3.8, 4) is 0 Å². The molecule has 0 fully saturated rings. The fourth-order valence-electron chi connectivity index (χ4n) is 0.785. The first-order valence-corrected chi connectivity index (χ1v) is 3.01. The van der Waals surface area contributed by atoms with Crippen molar-refractivity contribution in [2.45, 2.75) is 12.2 Å². The first-order valence-electron chi connectivity index (χ1n) is 3.01. The number of ether oxygens (including phenoxy) is 1. The molecule has 0 aliphatic carbocycles. The van der Waals surface area contributed by atoms with Gasteiger partial charge >= 0.3 is 0 Å². The number of hydrogen-bond acceptors (Lipinski definition) is 3. The van der Waals surface area contributed by atoms with Gasteiger partial charge in [0.15, 0.2) is 0 Å². The van der Waals surface area contributed by atoms with Crippen molar-refractivity contribution in [3.63, 3.8) is 0 Å². The van der Waals surface area contributed by atoms with Crippen LogP contribution >= 0.6 is 0 Å². The highest BCUT2D eigenvalue weighted by Gasteiger charge is 2.17. The molecule has 1 heterocycles. The van der Waals surface area contributed by atoms with E-state index in [9.17, 15) is 0 Å². The number of aliphatic hydroxyl groups excluding tert-OH is 1. The van der Waals surface area contributed by atoms with Crippen LogP contribution in [0.3, 0.4) is 0 Å². The maximum absolute atomic E-state index is 9.06. The quantitative estimate of drug-likeness (QED) is 0.483. The van der Waals surface area contributed by atoms with Crippen molar-refractivity contribution >= 4 is 0 Å². The Hall–Kier alpha value is -0.380. The summed E-state index contributed by atoms with van der Waals surface area (Å²) in [5.74, 6) is 0. The number of nitrogens with two attached hydrogens (primary N) is 1. The fourth-order valence-corrected chi connectivity index (χ4v) is 0.785. The maximum atomic E-state index is 9.06. The maximum Gasteiger partial charge on any atom is 0.103 e. The van der Waals surface area contributed by atoms with Crippen molar-refractivity contribution in [2.75, 3.05) is 13.2 Å². The Morgan fingerprint density at radius 2 is 2.67 bits per heavy atom. The van der Waals surface area contributed by atoms with Gasteiger partial charge in [0.05, 0.1) is 12.7 Å². The van der Waals surface area contributed by atoms with E-state index in [0.717, 1.165) is 0 Å². The molecule has 3 heteroatoms. The Morgan fingerprint density at radius 3 is 3.11 bits per heavy atom. The first-order chi connectivity index (χ1) is 4.34. The molecule has 0 saturated carbocycles. The Morgan fingerprint density at radius 1 is 1.89 bits per heavy atom. The minimum atomic E-state index is -0.538. The highest BCUT2D eigenvalue weighted by molar-refractivity contribution is 4.99. The van der Waals surface area contributed by atoms with Crippen LogP contribution in [0.2, 0.25) is 0 Å². The van der Waals surface area contributed by atoms with E-state index in [2.05, 4.69) is 0 Å². The first kappa shape index (κ1) is 6.74. The van der Waals surface area contributed by atoms with Crippen molar-refractivity contribution in [1.82, 2.24) is 0 Å². The van der Waals surface area contributed by atoms with Crippen LogP contribution in [-0.4, -0.2) is 30.5 Å². The van der Waals surface area contributed by atoms with Gasteiger partial charge in [-0.05, 0) is 0 Å². The van der Waals surface area contributed by atoms with Crippen LogP contribution in [-0.2, 0) is 4.74 Å². The summed E-state index contributed by atoms with van der Waals surface area (Å²) in [5.41, 5.74) is 5.19. The van der Waals surface area contributed by atoms with E-state index in [1.165, 1.54) is 0 Å². The Labute approximate surface area is 54.1 Å². The average Bonchev–Trinajstić information content (AvgIpc) is 2.37. The molecular weight excluding hydrogens is 118 g/mol. The summed E-state index contributed by atoms with van der Waals surface area (Å²) in [6.07, 6.45) is 3.00. The molecule has 1 rings (SSSR count). The molecule has 1 aliphatic rings. The van der Waals surface area contributed by atoms with Crippen LogP contribution in [0.25, 0.3) is 0 Å². The predicted molar refractivity (Wildman–Crippen MR) is 33.9 cm³/mol. The molecule has 52 valence electrons. The predicted octanol–water partition coefficient (Wildman–Crippen LogP) is -0.739. The lowest BCUT2D eigenvalue weighted by atomic mass is 10.2. The van der Waals surface area contributed by atoms with Crippen LogP contribution in [0.4, 0.5) is 0 Å². The number of hydrogen-bond donors (Lipinski definition) is 2. The van der Waals surface area contributed by atoms with Gasteiger partial charge in [0, 0.05) is 6.54 Å². The van der Waals surface area contributed by atoms with Crippen LogP contribution in [0.15, 0.2) is 12.2 Å². The van der Waals surface area contributed by atoms with Crippen molar-refractivity contribution in [1.29, 1.82) is 0 Å². The van der Waals surface area contributed by atoms with Gasteiger partial charge in [0.2, 0.25) is 0 Å². The molecule has 0 spiro atoms. The molecule has 3 N–H and O–H groups in total. The highest BCUT2D eigenvalue weighted by atomic mass is 16.5. The minimum absolute atomic E-state index is 0.171. The van der Waals surface area contributed by atoms with Crippen molar-refractivity contribution in [2.24, 2.45) is 5.73 Å². The van der Waals surface area contributed by atoms with E-state index in [-0.39, 0.29) is 12.6 Å². The molecule has 0 bridgehead atoms. The highest BCUT2D eigenvalue weighted by Crippen LogP contribution is 2.06. The zero-order valence-corrected chi connectivity index (χ0v) is 5.16. The molecule has 2 atom stereocenters. The van der Waals surface area contributed by atoms with Gasteiger partial charge in [-0.3, -0.25) is 0 Å². The summed E-state index contributed by atoms with van der Waals surface area (Å²) in [7, 11) is 0. The molecule has 1 aliphatic heterocycles. The molecule has 0 saturated heterocycles. The van der Waals surface area contributed by atoms with Gasteiger partial charge in [-0.1, -0.05) is 12.2 Å². The zero-order valence-electron chi connectivity index (χ0n) is 5.16. The van der Waals surface area contributed by atoms with E-state index < -0.39 is 6.10 Å². The summed E-state index contributed by atoms with van der Waals surface area (Å²) < 4.78 is 5.06. The van der Waals surface area contributed by atoms with Gasteiger partial charge < -0.3 is 15.6 Å². The molecule has 9 heavy (non-hydrogen) atoms. The molecule has 0 radical (unpaired) electrons. The number of aliphatic hydroxyl groups is 1. The van der Waals surface area contributed by atoms with E-state index in [4.69, 9.17) is 15.6 Å². The molecule has 3 nitrogen and oxygen atoms in total. The SMILES string of the molecule is NCC(O)C1C=CCO1. The molecule has 0 aromatic carbocycles. The van der Waals surface area contributed by atoms with Crippen LogP contribution in [0, 0.1) is 0 Å². The Balaban J connectivity index is 2.33. The Kier molecular flexibility index (Phi) is 2.22. The van der Waals surface area contributed by atoms with Gasteiger partial charge in [-0.25, -0.2) is 0 Å². The van der Waals surface area contributed by atoms with Gasteiger partial charge in [0.25, 0.3) is 0 Å². The fraction of sp³-hybridized carbons (Fsp3) is 0.667. The largest absolute Gasteiger partial charge is 0.389 e. The molecule has 0 aromatic rings. The lowest BCUT2D eigenvalue weighted by Gasteiger charge is -2.13. The van der Waals surface area contributed by atoms with Crippen molar-refractivity contribution < 1.29 is 9.84 Å².